The Kier molecular flexibility index (Phi) is 53.8. The number of halogens is 3. The number of hydrogen-bond donors (Lipinski definition) is 1. The van der Waals surface area contributed by atoms with Crippen molar-refractivity contribution in [2.24, 2.45) is 16.7 Å². The van der Waals surface area contributed by atoms with Gasteiger partial charge in [-0.2, -0.15) is 25.8 Å². The van der Waals surface area contributed by atoms with Crippen LogP contribution < -0.4 is 0 Å². The highest BCUT2D eigenvalue weighted by molar-refractivity contribution is 7.79. The van der Waals surface area contributed by atoms with E-state index in [-0.39, 0.29) is 41.1 Å². The van der Waals surface area contributed by atoms with Crippen LogP contribution in [0.25, 0.3) is 0 Å². The molecule has 0 N–H and O–H groups in total. The van der Waals surface area contributed by atoms with Gasteiger partial charge in [0.05, 0.1) is 131 Å². The molecule has 0 bridgehead atoms. The normalized spacial score (nSPS) is 23.9. The van der Waals surface area contributed by atoms with Gasteiger partial charge in [0.1, 0.15) is 23.4 Å². The number of rotatable bonds is 14. The number of epoxide rings is 5. The first-order valence-electron chi connectivity index (χ1n) is 30.8. The third kappa shape index (κ3) is 51.3. The Labute approximate surface area is 579 Å². The lowest BCUT2D eigenvalue weighted by molar-refractivity contribution is -0.148. The Morgan fingerprint density at radius 2 is 1.21 bits per heavy atom. The quantitative estimate of drug-likeness (QED) is 0.0251. The van der Waals surface area contributed by atoms with E-state index in [9.17, 15) is 46.7 Å². The van der Waals surface area contributed by atoms with Crippen molar-refractivity contribution in [3.63, 3.8) is 0 Å². The maximum absolute atomic E-state index is 11.5. The van der Waals surface area contributed by atoms with Crippen molar-refractivity contribution in [3.8, 4) is 12.3 Å². The number of cyclic esters (lactones) is 1. The molecule has 97 heavy (non-hydrogen) atoms. The molecule has 10 aliphatic rings. The lowest BCUT2D eigenvalue weighted by Crippen LogP contribution is -2.45. The number of terminal acetylenes is 1. The molecule has 0 aromatic carbocycles. The largest absolute Gasteiger partial charge is 0.466 e. The SMILES string of the molecule is C#CC(=O)OC.C=C(C(=O)OC)C(F)(F)F.C=C(C)C(=O)OC.C=C1CC(C)OC1=O.C=CC(=O)OC.CC1CO1.CC1OC1(C)C.CCC1(COC)COC1.CN1C(=O)C=CC1=O.COCC1(C)CO1.COCC1(C)COC1.COCC1CCC2OC2C1.COCC1CO1.CS. The smallest absolute Gasteiger partial charge is 0.422 e. The summed E-state index contributed by atoms with van der Waals surface area (Å²) in [5.41, 5.74) is 0.521. The van der Waals surface area contributed by atoms with Gasteiger partial charge in [-0.25, -0.2) is 24.0 Å². The van der Waals surface area contributed by atoms with Gasteiger partial charge in [-0.3, -0.25) is 14.5 Å². The van der Waals surface area contributed by atoms with E-state index in [0.29, 0.717) is 58.9 Å². The number of amides is 2. The number of carbonyl (C=O) groups is 7. The summed E-state index contributed by atoms with van der Waals surface area (Å²) in [6.45, 7) is 41.0. The topological polar surface area (TPSA) is 296 Å². The van der Waals surface area contributed by atoms with E-state index < -0.39 is 29.7 Å². The van der Waals surface area contributed by atoms with Crippen molar-refractivity contribution in [2.45, 2.75) is 148 Å². The maximum Gasteiger partial charge on any atom is 0.422 e. The van der Waals surface area contributed by atoms with E-state index >= 15 is 0 Å². The molecule has 0 aromatic heterocycles. The predicted octanol–water partition coefficient (Wildman–Crippen LogP) is 8.09. The van der Waals surface area contributed by atoms with Crippen LogP contribution in [-0.2, 0) is 114 Å². The molecule has 0 aromatic rings. The van der Waals surface area contributed by atoms with Gasteiger partial charge in [0.15, 0.2) is 0 Å². The van der Waals surface area contributed by atoms with E-state index in [1.807, 2.05) is 13.8 Å². The van der Waals surface area contributed by atoms with Gasteiger partial charge < -0.3 is 80.5 Å². The summed E-state index contributed by atoms with van der Waals surface area (Å²) in [6.07, 6.45) is 13.6. The average Bonchev–Trinajstić information content (AvgIpc) is 1.07. The van der Waals surface area contributed by atoms with Gasteiger partial charge >= 0.3 is 36.0 Å². The molecule has 8 unspecified atom stereocenters. The van der Waals surface area contributed by atoms with Gasteiger partial charge in [0.25, 0.3) is 11.8 Å². The highest BCUT2D eigenvalue weighted by Crippen LogP contribution is 2.39. The zero-order chi connectivity index (χ0) is 75.8. The zero-order valence-electron chi connectivity index (χ0n) is 61.0. The fraction of sp³-hybridized carbons (Fsp3) is 0.721. The van der Waals surface area contributed by atoms with E-state index in [1.165, 1.54) is 66.2 Å². The summed E-state index contributed by atoms with van der Waals surface area (Å²) < 4.78 is 115. The number of methoxy groups -OCH3 is 9. The summed E-state index contributed by atoms with van der Waals surface area (Å²) in [7, 11) is 14.8. The second-order valence-corrected chi connectivity index (χ2v) is 23.6. The third-order valence-corrected chi connectivity index (χ3v) is 13.8. The van der Waals surface area contributed by atoms with Crippen molar-refractivity contribution in [2.75, 3.05) is 157 Å². The van der Waals surface area contributed by atoms with Gasteiger partial charge in [-0.1, -0.05) is 40.2 Å². The molecule has 9 aliphatic heterocycles. The summed E-state index contributed by atoms with van der Waals surface area (Å²) >= 11 is 3.53. The van der Waals surface area contributed by atoms with Gasteiger partial charge in [0.2, 0.25) is 0 Å². The van der Waals surface area contributed by atoms with Crippen molar-refractivity contribution in [1.82, 2.24) is 4.90 Å². The first-order valence-corrected chi connectivity index (χ1v) is 31.7. The summed E-state index contributed by atoms with van der Waals surface area (Å²) in [5, 5.41) is 0. The molecule has 1 saturated carbocycles. The molecule has 29 heteroatoms. The fourth-order valence-corrected chi connectivity index (χ4v) is 6.99. The number of ether oxygens (including phenoxy) is 17. The Morgan fingerprint density at radius 3 is 1.35 bits per heavy atom. The van der Waals surface area contributed by atoms with E-state index in [0.717, 1.165) is 103 Å². The number of esters is 5. The molecular formula is C68H114F3NO24S. The molecule has 8 saturated heterocycles. The van der Waals surface area contributed by atoms with Gasteiger partial charge in [-0.05, 0) is 86.3 Å². The summed E-state index contributed by atoms with van der Waals surface area (Å²) in [4.78, 5) is 72.2. The number of hydrogen-bond acceptors (Lipinski definition) is 25. The van der Waals surface area contributed by atoms with E-state index in [4.69, 9.17) is 61.6 Å². The van der Waals surface area contributed by atoms with Crippen LogP contribution >= 0.6 is 12.6 Å². The Morgan fingerprint density at radius 1 is 0.732 bits per heavy atom. The number of imide groups is 1. The molecule has 9 heterocycles. The standard InChI is InChI=1S/C8H14O2.C7H14O2.C6H12O2.C6H8O2.C5H5F3O2.C5H5NO2.C5H10O2.C5H8O2.C5H10O.C4H8O2.C4H6O2.C4H4O2.C3H6O.CH4S/c1-9-5-6-2-3-7-8(4-6)10-7;1-3-7(4-8-2)5-9-6-7;1-6(3-7-2)4-8-5-6;1-4-3-5(2)8-6(4)7;1-3(4(9)10-2)5(6,7)8;1-6-4(7)2-3-5(6)8;1-5(3-6-2)4-7-5;1-4(2)5(6)7-3;1-4-5(2,3)6-4;1-5-2-4-3-6-4;2*1-3-4(5)6-2;1-3-2-4-3;1-2/h6-8H,2-5H2,1H3;3-6H2,1-2H3;3-5H2,1-2H3;5H,1,3H2,2H3;1H2,2H3;2-3H,1H3;3-4H2,1-2H3;1H2,2-3H3;4H,1-3H3;4H,2-3H2,1H3;3H,1H2,2H3;1H,2H3;3H,2H2,1H3;2H,1H3. The molecule has 9 fully saturated rings. The van der Waals surface area contributed by atoms with Crippen molar-refractivity contribution in [1.29, 1.82) is 0 Å². The Bertz CT molecular complexity index is 2360. The number of nitrogens with zero attached hydrogens (tertiary/aromatic N) is 1. The molecule has 562 valence electrons. The second-order valence-electron chi connectivity index (χ2n) is 23.6. The molecule has 8 atom stereocenters. The van der Waals surface area contributed by atoms with Crippen LogP contribution in [-0.4, -0.2) is 257 Å². The van der Waals surface area contributed by atoms with Crippen LogP contribution in [0.4, 0.5) is 13.2 Å². The molecule has 2 amide bonds. The Hall–Kier alpha value is -5.59. The molecule has 1 aliphatic carbocycles. The molecule has 25 nitrogen and oxygen atoms in total. The third-order valence-electron chi connectivity index (χ3n) is 13.8. The first-order chi connectivity index (χ1) is 45.3. The zero-order valence-corrected chi connectivity index (χ0v) is 61.9. The monoisotopic (exact) mass is 1420 g/mol. The molecule has 0 radical (unpaired) electrons. The fourth-order valence-electron chi connectivity index (χ4n) is 6.99. The van der Waals surface area contributed by atoms with Crippen LogP contribution in [0.3, 0.4) is 0 Å². The van der Waals surface area contributed by atoms with Gasteiger partial charge in [0, 0.05) is 102 Å². The van der Waals surface area contributed by atoms with Crippen LogP contribution in [0, 0.1) is 29.1 Å². The van der Waals surface area contributed by atoms with Gasteiger partial charge in [-0.15, -0.1) is 6.42 Å². The van der Waals surface area contributed by atoms with E-state index in [2.05, 4.69) is 106 Å². The highest BCUT2D eigenvalue weighted by atomic mass is 32.1. The minimum atomic E-state index is -4.69. The predicted molar refractivity (Wildman–Crippen MR) is 360 cm³/mol. The first kappa shape index (κ1) is 97.8. The number of thiol groups is 1. The lowest BCUT2D eigenvalue weighted by atomic mass is 9.84. The van der Waals surface area contributed by atoms with Crippen LogP contribution in [0.1, 0.15) is 94.4 Å². The maximum atomic E-state index is 11.5. The summed E-state index contributed by atoms with van der Waals surface area (Å²) in [6, 6.07) is 0. The number of carbonyl (C=O) groups excluding carboxylic acids is 7. The van der Waals surface area contributed by atoms with Crippen molar-refractivity contribution < 1.29 is 127 Å². The van der Waals surface area contributed by atoms with E-state index in [1.54, 1.807) is 54.6 Å². The van der Waals surface area contributed by atoms with Crippen molar-refractivity contribution >= 4 is 54.3 Å². The average molecular weight is 1420 g/mol. The molecule has 10 rings (SSSR count). The van der Waals surface area contributed by atoms with Crippen LogP contribution in [0.15, 0.2) is 61.3 Å². The van der Waals surface area contributed by atoms with Crippen LogP contribution in [0.2, 0.25) is 0 Å². The minimum absolute atomic E-state index is 0.0509. The van der Waals surface area contributed by atoms with Crippen LogP contribution in [0.5, 0.6) is 0 Å². The highest BCUT2D eigenvalue weighted by Gasteiger charge is 2.44. The molecule has 0 spiro atoms. The molecular weight excluding hydrogens is 1300 g/mol. The minimum Gasteiger partial charge on any atom is -0.466 e. The Balaban J connectivity index is -0.000000484. The summed E-state index contributed by atoms with van der Waals surface area (Å²) in [5.74, 6) is -1.02. The van der Waals surface area contributed by atoms with Crippen molar-refractivity contribution in [3.05, 3.63) is 61.3 Å². The number of alkyl halides is 3. The number of fused-ring (bicyclic) bond motifs is 1. The second kappa shape index (κ2) is 53.3. The lowest BCUT2D eigenvalue weighted by Gasteiger charge is -2.39. The number of likely N-dealkylation sites (N-methyl/N-ethyl adjacent to an activating group) is 1.